The van der Waals surface area contributed by atoms with Crippen molar-refractivity contribution in [2.24, 2.45) is 5.41 Å². The summed E-state index contributed by atoms with van der Waals surface area (Å²) >= 11 is 0. The van der Waals surface area contributed by atoms with Crippen LogP contribution in [0.1, 0.15) is 12.8 Å². The van der Waals surface area contributed by atoms with E-state index in [4.69, 9.17) is 4.74 Å². The second-order valence-electron chi connectivity index (χ2n) is 5.44. The Hall–Kier alpha value is -1.99. The molecular weight excluding hydrogens is 284 g/mol. The Bertz CT molecular complexity index is 495. The van der Waals surface area contributed by atoms with Crippen LogP contribution in [0.25, 0.3) is 0 Å². The number of nitrogens with zero attached hydrogens (tertiary/aromatic N) is 1. The first-order valence-electron chi connectivity index (χ1n) is 7.34. The van der Waals surface area contributed by atoms with Gasteiger partial charge in [-0.3, -0.25) is 14.6 Å². The Kier molecular flexibility index (Phi) is 5.85. The third-order valence-electron chi connectivity index (χ3n) is 3.82. The number of piperidine rings is 1. The number of hydrogen-bond acceptors (Lipinski definition) is 5. The van der Waals surface area contributed by atoms with Gasteiger partial charge in [0, 0.05) is 13.3 Å². The molecule has 2 heterocycles. The highest BCUT2D eigenvalue weighted by Crippen LogP contribution is 2.29. The van der Waals surface area contributed by atoms with Gasteiger partial charge < -0.3 is 20.7 Å². The summed E-state index contributed by atoms with van der Waals surface area (Å²) in [5.74, 6) is -0.403. The van der Waals surface area contributed by atoms with E-state index in [0.29, 0.717) is 25.1 Å². The lowest BCUT2D eigenvalue weighted by molar-refractivity contribution is -0.137. The van der Waals surface area contributed by atoms with Gasteiger partial charge in [0.2, 0.25) is 11.8 Å². The number of nitrogens with one attached hydrogen (secondary N) is 3. The van der Waals surface area contributed by atoms with Gasteiger partial charge in [-0.15, -0.1) is 0 Å². The second kappa shape index (κ2) is 7.86. The Labute approximate surface area is 129 Å². The fourth-order valence-corrected chi connectivity index (χ4v) is 2.61. The smallest absolute Gasteiger partial charge is 0.243 e. The van der Waals surface area contributed by atoms with Crippen LogP contribution < -0.4 is 16.0 Å². The Balaban J connectivity index is 1.86. The van der Waals surface area contributed by atoms with Crippen LogP contribution in [0, 0.1) is 5.41 Å². The third-order valence-corrected chi connectivity index (χ3v) is 3.82. The van der Waals surface area contributed by atoms with Gasteiger partial charge >= 0.3 is 0 Å². The van der Waals surface area contributed by atoms with Crippen LogP contribution in [0.15, 0.2) is 24.5 Å². The summed E-state index contributed by atoms with van der Waals surface area (Å²) in [6.07, 6.45) is 4.59. The third kappa shape index (κ3) is 4.25. The molecule has 0 unspecified atom stereocenters. The fraction of sp³-hybridized carbons (Fsp3) is 0.533. The minimum atomic E-state index is -0.547. The van der Waals surface area contributed by atoms with E-state index in [9.17, 15) is 9.59 Å². The standard InChI is InChI=1S/C15H22N4O3/c1-22-11-15(4-7-16-8-5-15)14(21)18-10-13(20)19-12-3-2-6-17-9-12/h2-3,6,9,16H,4-5,7-8,10-11H2,1H3,(H,18,21)(H,19,20). The van der Waals surface area contributed by atoms with Crippen molar-refractivity contribution in [1.29, 1.82) is 0 Å². The molecule has 7 nitrogen and oxygen atoms in total. The first-order valence-corrected chi connectivity index (χ1v) is 7.34. The quantitative estimate of drug-likeness (QED) is 0.696. The number of anilines is 1. The van der Waals surface area contributed by atoms with E-state index in [2.05, 4.69) is 20.9 Å². The van der Waals surface area contributed by atoms with Crippen molar-refractivity contribution >= 4 is 17.5 Å². The molecule has 2 amide bonds. The maximum absolute atomic E-state index is 12.5. The zero-order chi connectivity index (χ0) is 15.8. The van der Waals surface area contributed by atoms with Crippen molar-refractivity contribution in [3.05, 3.63) is 24.5 Å². The monoisotopic (exact) mass is 306 g/mol. The van der Waals surface area contributed by atoms with Gasteiger partial charge in [-0.25, -0.2) is 0 Å². The maximum atomic E-state index is 12.5. The van der Waals surface area contributed by atoms with Gasteiger partial charge in [-0.05, 0) is 38.1 Å². The van der Waals surface area contributed by atoms with Gasteiger partial charge in [0.15, 0.2) is 0 Å². The van der Waals surface area contributed by atoms with E-state index in [1.807, 2.05) is 0 Å². The van der Waals surface area contributed by atoms with Gasteiger partial charge in [-0.2, -0.15) is 0 Å². The average Bonchev–Trinajstić information content (AvgIpc) is 2.54. The molecule has 0 atom stereocenters. The van der Waals surface area contributed by atoms with Crippen LogP contribution in [0.3, 0.4) is 0 Å². The summed E-state index contributed by atoms with van der Waals surface area (Å²) in [5, 5.41) is 8.63. The first kappa shape index (κ1) is 16.4. The SMILES string of the molecule is COCC1(C(=O)NCC(=O)Nc2cccnc2)CCNCC1. The van der Waals surface area contributed by atoms with Crippen LogP contribution >= 0.6 is 0 Å². The molecule has 0 aromatic carbocycles. The van der Waals surface area contributed by atoms with E-state index in [-0.39, 0.29) is 18.4 Å². The molecule has 0 saturated carbocycles. The van der Waals surface area contributed by atoms with E-state index in [1.165, 1.54) is 0 Å². The predicted molar refractivity (Wildman–Crippen MR) is 82.3 cm³/mol. The number of methoxy groups -OCH3 is 1. The molecule has 1 fully saturated rings. The van der Waals surface area contributed by atoms with E-state index < -0.39 is 5.41 Å². The topological polar surface area (TPSA) is 92.3 Å². The summed E-state index contributed by atoms with van der Waals surface area (Å²) in [7, 11) is 1.59. The summed E-state index contributed by atoms with van der Waals surface area (Å²) in [6.45, 7) is 1.86. The number of carbonyl (C=O) groups is 2. The molecular formula is C15H22N4O3. The van der Waals surface area contributed by atoms with Gasteiger partial charge in [0.1, 0.15) is 0 Å². The summed E-state index contributed by atoms with van der Waals surface area (Å²) in [6, 6.07) is 3.47. The summed E-state index contributed by atoms with van der Waals surface area (Å²) < 4.78 is 5.21. The normalized spacial score (nSPS) is 16.8. The average molecular weight is 306 g/mol. The van der Waals surface area contributed by atoms with Crippen molar-refractivity contribution in [3.63, 3.8) is 0 Å². The van der Waals surface area contributed by atoms with Crippen molar-refractivity contribution < 1.29 is 14.3 Å². The lowest BCUT2D eigenvalue weighted by atomic mass is 9.78. The molecule has 1 saturated heterocycles. The Morgan fingerprint density at radius 3 is 2.82 bits per heavy atom. The van der Waals surface area contributed by atoms with Crippen molar-refractivity contribution in [3.8, 4) is 0 Å². The first-order chi connectivity index (χ1) is 10.7. The number of carbonyl (C=O) groups excluding carboxylic acids is 2. The lowest BCUT2D eigenvalue weighted by Gasteiger charge is -2.35. The molecule has 1 aromatic rings. The van der Waals surface area contributed by atoms with Crippen LogP contribution in [0.5, 0.6) is 0 Å². The second-order valence-corrected chi connectivity index (χ2v) is 5.44. The molecule has 0 bridgehead atoms. The minimum absolute atomic E-state index is 0.0629. The zero-order valence-electron chi connectivity index (χ0n) is 12.7. The minimum Gasteiger partial charge on any atom is -0.384 e. The molecule has 22 heavy (non-hydrogen) atoms. The van der Waals surface area contributed by atoms with Crippen LogP contribution in [-0.4, -0.2) is 50.1 Å². The molecule has 0 spiro atoms. The Morgan fingerprint density at radius 1 is 1.41 bits per heavy atom. The number of pyridine rings is 1. The predicted octanol–water partition coefficient (Wildman–Crippen LogP) is 0.153. The highest BCUT2D eigenvalue weighted by Gasteiger charge is 2.39. The fourth-order valence-electron chi connectivity index (χ4n) is 2.61. The molecule has 7 heteroatoms. The Morgan fingerprint density at radius 2 is 2.18 bits per heavy atom. The van der Waals surface area contributed by atoms with Crippen LogP contribution in [0.4, 0.5) is 5.69 Å². The van der Waals surface area contributed by atoms with Gasteiger partial charge in [0.05, 0.1) is 30.5 Å². The van der Waals surface area contributed by atoms with E-state index in [1.54, 1.807) is 31.6 Å². The highest BCUT2D eigenvalue weighted by molar-refractivity contribution is 5.95. The van der Waals surface area contributed by atoms with E-state index in [0.717, 1.165) is 13.1 Å². The molecule has 2 rings (SSSR count). The summed E-state index contributed by atoms with van der Waals surface area (Å²) in [5.41, 5.74) is 0.0596. The molecule has 0 aliphatic carbocycles. The molecule has 120 valence electrons. The number of amides is 2. The summed E-state index contributed by atoms with van der Waals surface area (Å²) in [4.78, 5) is 28.2. The molecule has 1 aliphatic rings. The molecule has 0 radical (unpaired) electrons. The van der Waals surface area contributed by atoms with Gasteiger partial charge in [-0.1, -0.05) is 0 Å². The number of aromatic nitrogens is 1. The number of rotatable bonds is 6. The molecule has 3 N–H and O–H groups in total. The van der Waals surface area contributed by atoms with Crippen molar-refractivity contribution in [2.75, 3.05) is 38.7 Å². The molecule has 1 aliphatic heterocycles. The highest BCUT2D eigenvalue weighted by atomic mass is 16.5. The van der Waals surface area contributed by atoms with Crippen molar-refractivity contribution in [2.45, 2.75) is 12.8 Å². The lowest BCUT2D eigenvalue weighted by Crippen LogP contribution is -2.51. The number of ether oxygens (including phenoxy) is 1. The zero-order valence-corrected chi connectivity index (χ0v) is 12.7. The van der Waals surface area contributed by atoms with Crippen molar-refractivity contribution in [1.82, 2.24) is 15.6 Å². The van der Waals surface area contributed by atoms with Gasteiger partial charge in [0.25, 0.3) is 0 Å². The van der Waals surface area contributed by atoms with Crippen LogP contribution in [-0.2, 0) is 14.3 Å². The largest absolute Gasteiger partial charge is 0.384 e. The van der Waals surface area contributed by atoms with Crippen LogP contribution in [0.2, 0.25) is 0 Å². The number of hydrogen-bond donors (Lipinski definition) is 3. The van der Waals surface area contributed by atoms with E-state index >= 15 is 0 Å². The molecule has 1 aromatic heterocycles. The maximum Gasteiger partial charge on any atom is 0.243 e.